The van der Waals surface area contributed by atoms with E-state index in [2.05, 4.69) is 0 Å². The first-order valence-electron chi connectivity index (χ1n) is 11.8. The lowest BCUT2D eigenvalue weighted by atomic mass is 9.94. The Balaban J connectivity index is 1.96. The molecular weight excluding hydrogens is 461 g/mol. The fraction of sp³-hybridized carbons (Fsp3) is 0.241. The molecule has 0 radical (unpaired) electrons. The van der Waals surface area contributed by atoms with Crippen molar-refractivity contribution in [2.24, 2.45) is 0 Å². The second kappa shape index (κ2) is 10.2. The fourth-order valence-corrected chi connectivity index (χ4v) is 4.52. The molecule has 0 saturated carbocycles. The number of Topliss-reactive ketones (excluding diaryl/α,β-unsaturated/α-hetero) is 1. The highest BCUT2D eigenvalue weighted by Crippen LogP contribution is 2.44. The van der Waals surface area contributed by atoms with Crippen molar-refractivity contribution in [2.45, 2.75) is 33.7 Å². The third-order valence-corrected chi connectivity index (χ3v) is 5.93. The molecule has 0 aliphatic carbocycles. The lowest BCUT2D eigenvalue weighted by Crippen LogP contribution is -2.29. The molecule has 0 aromatic heterocycles. The second-order valence-electron chi connectivity index (χ2n) is 8.59. The van der Waals surface area contributed by atoms with Crippen molar-refractivity contribution >= 4 is 23.1 Å². The molecule has 186 valence electrons. The van der Waals surface area contributed by atoms with Gasteiger partial charge < -0.3 is 14.6 Å². The minimum atomic E-state index is -0.965. The van der Waals surface area contributed by atoms with E-state index in [-0.39, 0.29) is 16.9 Å². The van der Waals surface area contributed by atoms with Crippen LogP contribution in [0, 0.1) is 19.7 Å². The molecule has 3 aromatic rings. The van der Waals surface area contributed by atoms with Crippen molar-refractivity contribution in [3.63, 3.8) is 0 Å². The van der Waals surface area contributed by atoms with E-state index in [1.54, 1.807) is 37.3 Å². The van der Waals surface area contributed by atoms with E-state index in [1.807, 2.05) is 26.8 Å². The Hall–Kier alpha value is -4.13. The Morgan fingerprint density at radius 1 is 0.917 bits per heavy atom. The van der Waals surface area contributed by atoms with Gasteiger partial charge >= 0.3 is 0 Å². The predicted octanol–water partition coefficient (Wildman–Crippen LogP) is 5.87. The molecule has 1 N–H and O–H groups in total. The van der Waals surface area contributed by atoms with Gasteiger partial charge in [0.2, 0.25) is 0 Å². The molecule has 1 unspecified atom stereocenters. The third kappa shape index (κ3) is 4.69. The summed E-state index contributed by atoms with van der Waals surface area (Å²) < 4.78 is 25.1. The van der Waals surface area contributed by atoms with E-state index in [9.17, 15) is 19.1 Å². The average Bonchev–Trinajstić information content (AvgIpc) is 3.09. The Morgan fingerprint density at radius 3 is 2.17 bits per heavy atom. The SMILES string of the molecule is CCOc1ccc(/C(O)=C2/C(=O)C(=O)N(c3cc(C)cc(C)c3)C2c2ccc(F)cc2)c(OCC)c1. The Labute approximate surface area is 209 Å². The molecule has 1 heterocycles. The normalized spacial score (nSPS) is 16.9. The number of halogens is 1. The van der Waals surface area contributed by atoms with E-state index in [1.165, 1.54) is 29.2 Å². The first kappa shape index (κ1) is 25.0. The summed E-state index contributed by atoms with van der Waals surface area (Å²) >= 11 is 0. The monoisotopic (exact) mass is 489 g/mol. The first-order chi connectivity index (χ1) is 17.2. The number of ketones is 1. The van der Waals surface area contributed by atoms with Crippen molar-refractivity contribution in [1.82, 2.24) is 0 Å². The number of amides is 1. The summed E-state index contributed by atoms with van der Waals surface area (Å²) in [5.74, 6) is -1.58. The second-order valence-corrected chi connectivity index (χ2v) is 8.59. The van der Waals surface area contributed by atoms with E-state index in [0.29, 0.717) is 36.0 Å². The number of carbonyl (C=O) groups is 2. The number of anilines is 1. The van der Waals surface area contributed by atoms with Gasteiger partial charge in [-0.15, -0.1) is 0 Å². The largest absolute Gasteiger partial charge is 0.507 e. The molecule has 1 aliphatic rings. The molecule has 0 bridgehead atoms. The van der Waals surface area contributed by atoms with Gasteiger partial charge in [0.25, 0.3) is 11.7 Å². The molecule has 6 nitrogen and oxygen atoms in total. The zero-order valence-electron chi connectivity index (χ0n) is 20.7. The molecule has 0 spiro atoms. The van der Waals surface area contributed by atoms with Gasteiger partial charge in [-0.2, -0.15) is 0 Å². The summed E-state index contributed by atoms with van der Waals surface area (Å²) in [5.41, 5.74) is 2.98. The van der Waals surface area contributed by atoms with E-state index >= 15 is 0 Å². The molecule has 1 atom stereocenters. The Kier molecular flexibility index (Phi) is 7.10. The molecule has 1 fully saturated rings. The van der Waals surface area contributed by atoms with Crippen LogP contribution in [0.5, 0.6) is 11.5 Å². The molecule has 1 aliphatic heterocycles. The number of rotatable bonds is 7. The van der Waals surface area contributed by atoms with Gasteiger partial charge in [-0.05, 0) is 80.8 Å². The van der Waals surface area contributed by atoms with Crippen molar-refractivity contribution < 1.29 is 28.6 Å². The van der Waals surface area contributed by atoms with Crippen molar-refractivity contribution in [3.8, 4) is 11.5 Å². The van der Waals surface area contributed by atoms with Crippen LogP contribution in [0.1, 0.15) is 42.1 Å². The number of hydrogen-bond acceptors (Lipinski definition) is 5. The minimum absolute atomic E-state index is 0.101. The Morgan fingerprint density at radius 2 is 1.56 bits per heavy atom. The molecule has 36 heavy (non-hydrogen) atoms. The number of aliphatic hydroxyl groups excluding tert-OH is 1. The Bertz CT molecular complexity index is 1330. The number of nitrogens with zero attached hydrogens (tertiary/aromatic N) is 1. The highest BCUT2D eigenvalue weighted by atomic mass is 19.1. The van der Waals surface area contributed by atoms with Crippen LogP contribution in [-0.4, -0.2) is 30.0 Å². The van der Waals surface area contributed by atoms with Crippen LogP contribution in [0.25, 0.3) is 5.76 Å². The number of carbonyl (C=O) groups excluding carboxylic acids is 2. The molecule has 3 aromatic carbocycles. The maximum Gasteiger partial charge on any atom is 0.300 e. The highest BCUT2D eigenvalue weighted by Gasteiger charge is 2.47. The van der Waals surface area contributed by atoms with Gasteiger partial charge in [0.15, 0.2) is 0 Å². The van der Waals surface area contributed by atoms with Gasteiger partial charge in [-0.25, -0.2) is 4.39 Å². The third-order valence-electron chi connectivity index (χ3n) is 5.93. The average molecular weight is 490 g/mol. The van der Waals surface area contributed by atoms with Crippen molar-refractivity contribution in [1.29, 1.82) is 0 Å². The maximum absolute atomic E-state index is 13.8. The zero-order chi connectivity index (χ0) is 26.0. The van der Waals surface area contributed by atoms with Crippen LogP contribution in [0.15, 0.2) is 66.2 Å². The van der Waals surface area contributed by atoms with Gasteiger partial charge in [0, 0.05) is 11.8 Å². The first-order valence-corrected chi connectivity index (χ1v) is 11.8. The van der Waals surface area contributed by atoms with Gasteiger partial charge in [-0.1, -0.05) is 18.2 Å². The fourth-order valence-electron chi connectivity index (χ4n) is 4.52. The number of aryl methyl sites for hydroxylation is 2. The number of ether oxygens (including phenoxy) is 2. The van der Waals surface area contributed by atoms with Crippen molar-refractivity contribution in [2.75, 3.05) is 18.1 Å². The summed E-state index contributed by atoms with van der Waals surface area (Å²) in [7, 11) is 0. The molecular formula is C29H28FNO5. The summed E-state index contributed by atoms with van der Waals surface area (Å²) in [6.07, 6.45) is 0. The van der Waals surface area contributed by atoms with Crippen LogP contribution >= 0.6 is 0 Å². The predicted molar refractivity (Wildman–Crippen MR) is 136 cm³/mol. The topological polar surface area (TPSA) is 76.1 Å². The van der Waals surface area contributed by atoms with Gasteiger partial charge in [0.1, 0.15) is 23.1 Å². The summed E-state index contributed by atoms with van der Waals surface area (Å²) in [6.45, 7) is 8.21. The highest BCUT2D eigenvalue weighted by molar-refractivity contribution is 6.51. The van der Waals surface area contributed by atoms with Gasteiger partial charge in [0.05, 0.1) is 30.4 Å². The van der Waals surface area contributed by atoms with E-state index in [0.717, 1.165) is 11.1 Å². The van der Waals surface area contributed by atoms with Crippen LogP contribution in [0.4, 0.5) is 10.1 Å². The van der Waals surface area contributed by atoms with Crippen LogP contribution < -0.4 is 14.4 Å². The number of benzene rings is 3. The maximum atomic E-state index is 13.8. The smallest absolute Gasteiger partial charge is 0.300 e. The molecule has 7 heteroatoms. The lowest BCUT2D eigenvalue weighted by Gasteiger charge is -2.26. The molecule has 1 saturated heterocycles. The van der Waals surface area contributed by atoms with Crippen LogP contribution in [0.3, 0.4) is 0 Å². The minimum Gasteiger partial charge on any atom is -0.507 e. The van der Waals surface area contributed by atoms with E-state index < -0.39 is 23.5 Å². The lowest BCUT2D eigenvalue weighted by molar-refractivity contribution is -0.132. The number of hydrogen-bond donors (Lipinski definition) is 1. The van der Waals surface area contributed by atoms with Gasteiger partial charge in [-0.3, -0.25) is 14.5 Å². The molecule has 4 rings (SSSR count). The van der Waals surface area contributed by atoms with Crippen LogP contribution in [0.2, 0.25) is 0 Å². The van der Waals surface area contributed by atoms with E-state index in [4.69, 9.17) is 9.47 Å². The summed E-state index contributed by atoms with van der Waals surface area (Å²) in [5, 5.41) is 11.5. The quantitative estimate of drug-likeness (QED) is 0.255. The number of aliphatic hydroxyl groups is 1. The van der Waals surface area contributed by atoms with Crippen LogP contribution in [-0.2, 0) is 9.59 Å². The molecule has 1 amide bonds. The zero-order valence-corrected chi connectivity index (χ0v) is 20.7. The summed E-state index contributed by atoms with van der Waals surface area (Å²) in [6, 6.07) is 15.0. The standard InChI is InChI=1S/C29H28FNO5/c1-5-35-22-11-12-23(24(16-22)36-6-2)27(32)25-26(19-7-9-20(30)10-8-19)31(29(34)28(25)33)21-14-17(3)13-18(4)15-21/h7-16,26,32H,5-6H2,1-4H3/b27-25-. The summed E-state index contributed by atoms with van der Waals surface area (Å²) in [4.78, 5) is 28.2. The van der Waals surface area contributed by atoms with Crippen molar-refractivity contribution in [3.05, 3.63) is 94.3 Å².